The van der Waals surface area contributed by atoms with Crippen LogP contribution in [0.1, 0.15) is 33.1 Å². The molecule has 0 aromatic heterocycles. The van der Waals surface area contributed by atoms with Gasteiger partial charge in [-0.15, -0.1) is 0 Å². The van der Waals surface area contributed by atoms with E-state index in [-0.39, 0.29) is 0 Å². The summed E-state index contributed by atoms with van der Waals surface area (Å²) in [6, 6.07) is 7.44. The lowest BCUT2D eigenvalue weighted by Crippen LogP contribution is -2.40. The molecule has 1 rings (SSSR count). The summed E-state index contributed by atoms with van der Waals surface area (Å²) in [5.41, 5.74) is 1.61. The van der Waals surface area contributed by atoms with Gasteiger partial charge in [-0.25, -0.2) is 0 Å². The minimum absolute atomic E-state index is 0.453. The van der Waals surface area contributed by atoms with Crippen LogP contribution in [-0.2, 0) is 9.59 Å². The van der Waals surface area contributed by atoms with Gasteiger partial charge in [0.15, 0.2) is 0 Å². The van der Waals surface area contributed by atoms with E-state index in [0.717, 1.165) is 24.9 Å². The molecule has 0 aliphatic carbocycles. The van der Waals surface area contributed by atoms with Crippen LogP contribution in [0.5, 0.6) is 0 Å². The van der Waals surface area contributed by atoms with E-state index in [0.29, 0.717) is 18.8 Å². The summed E-state index contributed by atoms with van der Waals surface area (Å²) >= 11 is 0. The summed E-state index contributed by atoms with van der Waals surface area (Å²) in [7, 11) is 3.86. The quantitative estimate of drug-likeness (QED) is 0.788. The van der Waals surface area contributed by atoms with Crippen molar-refractivity contribution in [3.63, 3.8) is 0 Å². The van der Waals surface area contributed by atoms with E-state index in [1.54, 1.807) is 11.0 Å². The van der Waals surface area contributed by atoms with Gasteiger partial charge in [-0.2, -0.15) is 0 Å². The first-order valence-electron chi connectivity index (χ1n) is 7.87. The SMILES string of the molecule is CCCCN(CCC)C(=O)C(=O)Nc1cccc(N(C)C)c1. The molecule has 122 valence electrons. The summed E-state index contributed by atoms with van der Waals surface area (Å²) in [5.74, 6) is -1.02. The smallest absolute Gasteiger partial charge is 0.313 e. The van der Waals surface area contributed by atoms with Crippen LogP contribution >= 0.6 is 0 Å². The highest BCUT2D eigenvalue weighted by atomic mass is 16.2. The van der Waals surface area contributed by atoms with Crippen molar-refractivity contribution in [3.05, 3.63) is 24.3 Å². The van der Waals surface area contributed by atoms with Crippen LogP contribution < -0.4 is 10.2 Å². The fraction of sp³-hybridized carbons (Fsp3) is 0.529. The maximum Gasteiger partial charge on any atom is 0.313 e. The highest BCUT2D eigenvalue weighted by Gasteiger charge is 2.20. The molecule has 0 saturated heterocycles. The Morgan fingerprint density at radius 1 is 1.09 bits per heavy atom. The largest absolute Gasteiger partial charge is 0.378 e. The van der Waals surface area contributed by atoms with Crippen LogP contribution in [0.3, 0.4) is 0 Å². The van der Waals surface area contributed by atoms with Crippen LogP contribution in [0.4, 0.5) is 11.4 Å². The summed E-state index contributed by atoms with van der Waals surface area (Å²) < 4.78 is 0. The average molecular weight is 305 g/mol. The van der Waals surface area contributed by atoms with E-state index >= 15 is 0 Å². The van der Waals surface area contributed by atoms with Gasteiger partial charge in [-0.3, -0.25) is 9.59 Å². The van der Waals surface area contributed by atoms with Crippen LogP contribution in [-0.4, -0.2) is 43.9 Å². The zero-order chi connectivity index (χ0) is 16.5. The second kappa shape index (κ2) is 9.07. The van der Waals surface area contributed by atoms with Crippen LogP contribution in [0, 0.1) is 0 Å². The number of amides is 2. The van der Waals surface area contributed by atoms with Crippen LogP contribution in [0.15, 0.2) is 24.3 Å². The Hall–Kier alpha value is -2.04. The number of rotatable bonds is 7. The molecule has 1 aromatic rings. The van der Waals surface area contributed by atoms with E-state index < -0.39 is 11.8 Å². The molecule has 0 spiro atoms. The van der Waals surface area contributed by atoms with Gasteiger partial charge in [0.2, 0.25) is 0 Å². The number of carbonyl (C=O) groups is 2. The number of anilines is 2. The molecule has 5 nitrogen and oxygen atoms in total. The zero-order valence-corrected chi connectivity index (χ0v) is 14.1. The third-order valence-corrected chi connectivity index (χ3v) is 3.38. The highest BCUT2D eigenvalue weighted by molar-refractivity contribution is 6.39. The second-order valence-electron chi connectivity index (χ2n) is 5.54. The minimum Gasteiger partial charge on any atom is -0.378 e. The Bertz CT molecular complexity index is 500. The van der Waals surface area contributed by atoms with Gasteiger partial charge in [0.1, 0.15) is 0 Å². The van der Waals surface area contributed by atoms with Crippen molar-refractivity contribution in [1.29, 1.82) is 0 Å². The van der Waals surface area contributed by atoms with Crippen LogP contribution in [0.25, 0.3) is 0 Å². The van der Waals surface area contributed by atoms with E-state index in [4.69, 9.17) is 0 Å². The van der Waals surface area contributed by atoms with Gasteiger partial charge in [0.05, 0.1) is 0 Å². The number of benzene rings is 1. The maximum atomic E-state index is 12.3. The Balaban J connectivity index is 2.73. The molecule has 0 atom stereocenters. The van der Waals surface area contributed by atoms with Crippen molar-refractivity contribution >= 4 is 23.2 Å². The van der Waals surface area contributed by atoms with Crippen molar-refractivity contribution in [3.8, 4) is 0 Å². The lowest BCUT2D eigenvalue weighted by molar-refractivity contribution is -0.143. The number of nitrogens with one attached hydrogen (secondary N) is 1. The lowest BCUT2D eigenvalue weighted by atomic mass is 10.2. The Morgan fingerprint density at radius 3 is 2.41 bits per heavy atom. The Kier molecular flexibility index (Phi) is 7.43. The second-order valence-corrected chi connectivity index (χ2v) is 5.54. The number of hydrogen-bond donors (Lipinski definition) is 1. The molecule has 22 heavy (non-hydrogen) atoms. The molecular formula is C17H27N3O2. The molecule has 0 bridgehead atoms. The van der Waals surface area contributed by atoms with Gasteiger partial charge in [0, 0.05) is 38.6 Å². The van der Waals surface area contributed by atoms with Crippen molar-refractivity contribution in [2.75, 3.05) is 37.4 Å². The average Bonchev–Trinajstić information content (AvgIpc) is 2.50. The number of hydrogen-bond acceptors (Lipinski definition) is 3. The van der Waals surface area contributed by atoms with Crippen molar-refractivity contribution in [1.82, 2.24) is 4.90 Å². The summed E-state index contributed by atoms with van der Waals surface area (Å²) in [5, 5.41) is 2.70. The van der Waals surface area contributed by atoms with Gasteiger partial charge >= 0.3 is 11.8 Å². The minimum atomic E-state index is -0.569. The number of unbranched alkanes of at least 4 members (excludes halogenated alkanes) is 1. The third kappa shape index (κ3) is 5.39. The first kappa shape index (κ1) is 18.0. The van der Waals surface area contributed by atoms with Crippen molar-refractivity contribution < 1.29 is 9.59 Å². The normalized spacial score (nSPS) is 10.2. The fourth-order valence-corrected chi connectivity index (χ4v) is 2.12. The Labute approximate surface area is 133 Å². The fourth-order valence-electron chi connectivity index (χ4n) is 2.12. The molecule has 0 heterocycles. The maximum absolute atomic E-state index is 12.3. The van der Waals surface area contributed by atoms with Crippen molar-refractivity contribution in [2.45, 2.75) is 33.1 Å². The monoisotopic (exact) mass is 305 g/mol. The summed E-state index contributed by atoms with van der Waals surface area (Å²) in [6.45, 7) is 5.32. The lowest BCUT2D eigenvalue weighted by Gasteiger charge is -2.21. The summed E-state index contributed by atoms with van der Waals surface area (Å²) in [6.07, 6.45) is 2.76. The molecule has 0 unspecified atom stereocenters. The summed E-state index contributed by atoms with van der Waals surface area (Å²) in [4.78, 5) is 28.0. The first-order valence-corrected chi connectivity index (χ1v) is 7.87. The Morgan fingerprint density at radius 2 is 1.82 bits per heavy atom. The van der Waals surface area contributed by atoms with Gasteiger partial charge in [-0.1, -0.05) is 26.3 Å². The molecule has 2 amide bonds. The van der Waals surface area contributed by atoms with Gasteiger partial charge in [-0.05, 0) is 31.0 Å². The molecule has 0 saturated carbocycles. The topological polar surface area (TPSA) is 52.7 Å². The molecule has 0 radical (unpaired) electrons. The molecular weight excluding hydrogens is 278 g/mol. The number of nitrogens with zero attached hydrogens (tertiary/aromatic N) is 2. The molecule has 0 aliphatic rings. The molecule has 5 heteroatoms. The predicted molar refractivity (Wildman–Crippen MR) is 91.2 cm³/mol. The van der Waals surface area contributed by atoms with Gasteiger partial charge in [0.25, 0.3) is 0 Å². The van der Waals surface area contributed by atoms with Crippen molar-refractivity contribution in [2.24, 2.45) is 0 Å². The molecule has 1 N–H and O–H groups in total. The molecule has 0 aliphatic heterocycles. The van der Waals surface area contributed by atoms with Crippen LogP contribution in [0.2, 0.25) is 0 Å². The van der Waals surface area contributed by atoms with E-state index in [1.165, 1.54) is 0 Å². The standard InChI is InChI=1S/C17H27N3O2/c1-5-7-12-20(11-6-2)17(22)16(21)18-14-9-8-10-15(13-14)19(3)4/h8-10,13H,5-7,11-12H2,1-4H3,(H,18,21). The van der Waals surface area contributed by atoms with E-state index in [2.05, 4.69) is 12.2 Å². The third-order valence-electron chi connectivity index (χ3n) is 3.38. The zero-order valence-electron chi connectivity index (χ0n) is 14.1. The predicted octanol–water partition coefficient (Wildman–Crippen LogP) is 2.73. The van der Waals surface area contributed by atoms with E-state index in [9.17, 15) is 9.59 Å². The van der Waals surface area contributed by atoms with E-state index in [1.807, 2.05) is 44.1 Å². The van der Waals surface area contributed by atoms with Gasteiger partial charge < -0.3 is 15.1 Å². The molecule has 0 fully saturated rings. The highest BCUT2D eigenvalue weighted by Crippen LogP contribution is 2.17. The number of carbonyl (C=O) groups excluding carboxylic acids is 2. The molecule has 1 aromatic carbocycles. The first-order chi connectivity index (χ1) is 10.5.